The molecule has 5 heteroatoms. The summed E-state index contributed by atoms with van der Waals surface area (Å²) < 4.78 is 10.9. The van der Waals surface area contributed by atoms with Crippen LogP contribution in [0.4, 0.5) is 0 Å². The molecule has 0 saturated heterocycles. The Hall–Kier alpha value is -0.420. The summed E-state index contributed by atoms with van der Waals surface area (Å²) in [6.45, 7) is 5.86. The first-order valence-corrected chi connectivity index (χ1v) is 6.83. The zero-order chi connectivity index (χ0) is 12.1. The Balaban J connectivity index is 4.01. The van der Waals surface area contributed by atoms with Gasteiger partial charge >= 0.3 is 0 Å². The van der Waals surface area contributed by atoms with Crippen LogP contribution in [0.5, 0.6) is 0 Å². The lowest BCUT2D eigenvalue weighted by atomic mass is 9.92. The highest BCUT2D eigenvalue weighted by atomic mass is 32.2. The van der Waals surface area contributed by atoms with Crippen molar-refractivity contribution in [1.82, 2.24) is 5.32 Å². The number of carbonyl (C=O) groups is 1. The van der Waals surface area contributed by atoms with E-state index >= 15 is 0 Å². The quantitative estimate of drug-likeness (QED) is 0.692. The fourth-order valence-corrected chi connectivity index (χ4v) is 1.61. The van der Waals surface area contributed by atoms with E-state index in [4.69, 9.17) is 5.73 Å². The van der Waals surface area contributed by atoms with Crippen molar-refractivity contribution in [2.24, 2.45) is 11.1 Å². The van der Waals surface area contributed by atoms with Crippen LogP contribution < -0.4 is 11.1 Å². The van der Waals surface area contributed by atoms with Gasteiger partial charge < -0.3 is 11.1 Å². The second-order valence-corrected chi connectivity index (χ2v) is 6.08. The topological polar surface area (TPSA) is 72.2 Å². The molecule has 4 nitrogen and oxygen atoms in total. The van der Waals surface area contributed by atoms with Gasteiger partial charge in [-0.1, -0.05) is 0 Å². The first-order valence-electron chi connectivity index (χ1n) is 5.10. The van der Waals surface area contributed by atoms with E-state index in [9.17, 15) is 9.00 Å². The minimum atomic E-state index is -0.800. The maximum Gasteiger partial charge on any atom is 0.227 e. The highest BCUT2D eigenvalue weighted by Crippen LogP contribution is 2.12. The first-order chi connectivity index (χ1) is 6.79. The van der Waals surface area contributed by atoms with Crippen LogP contribution in [-0.2, 0) is 15.6 Å². The lowest BCUT2D eigenvalue weighted by Gasteiger charge is -2.24. The molecule has 2 unspecified atom stereocenters. The molecule has 2 atom stereocenters. The number of nitrogens with two attached hydrogens (primary N) is 1. The van der Waals surface area contributed by atoms with Crippen molar-refractivity contribution in [3.8, 4) is 0 Å². The molecule has 0 fully saturated rings. The van der Waals surface area contributed by atoms with Crippen LogP contribution in [0.15, 0.2) is 0 Å². The summed E-state index contributed by atoms with van der Waals surface area (Å²) in [6.07, 6.45) is 2.40. The summed E-state index contributed by atoms with van der Waals surface area (Å²) in [5.74, 6) is 0.573. The van der Waals surface area contributed by atoms with E-state index in [0.717, 1.165) is 6.42 Å². The second kappa shape index (κ2) is 6.23. The third-order valence-corrected chi connectivity index (χ3v) is 3.15. The molecule has 0 spiro atoms. The third kappa shape index (κ3) is 5.89. The van der Waals surface area contributed by atoms with E-state index < -0.39 is 16.2 Å². The van der Waals surface area contributed by atoms with Crippen molar-refractivity contribution >= 4 is 16.7 Å². The Morgan fingerprint density at radius 3 is 2.47 bits per heavy atom. The van der Waals surface area contributed by atoms with Gasteiger partial charge in [0.1, 0.15) is 0 Å². The van der Waals surface area contributed by atoms with Crippen molar-refractivity contribution < 1.29 is 9.00 Å². The van der Waals surface area contributed by atoms with Crippen LogP contribution in [0, 0.1) is 5.41 Å². The van der Waals surface area contributed by atoms with E-state index in [1.165, 1.54) is 0 Å². The monoisotopic (exact) mass is 234 g/mol. The number of nitrogens with one attached hydrogen (secondary N) is 1. The predicted octanol–water partition coefficient (Wildman–Crippen LogP) is 0.245. The highest BCUT2D eigenvalue weighted by molar-refractivity contribution is 7.84. The van der Waals surface area contributed by atoms with Crippen LogP contribution in [0.3, 0.4) is 0 Å². The molecule has 1 amide bonds. The number of carbonyl (C=O) groups excluding carboxylic acids is 1. The number of amides is 1. The summed E-state index contributed by atoms with van der Waals surface area (Å²) in [5, 5.41) is 2.87. The predicted molar refractivity (Wildman–Crippen MR) is 64.0 cm³/mol. The summed E-state index contributed by atoms with van der Waals surface area (Å²) in [5.41, 5.74) is 4.97. The van der Waals surface area contributed by atoms with Gasteiger partial charge in [-0.2, -0.15) is 0 Å². The zero-order valence-corrected chi connectivity index (χ0v) is 10.8. The maximum absolute atomic E-state index is 11.7. The van der Waals surface area contributed by atoms with E-state index in [1.54, 1.807) is 6.26 Å². The number of hydrogen-bond acceptors (Lipinski definition) is 3. The smallest absolute Gasteiger partial charge is 0.227 e. The van der Waals surface area contributed by atoms with Crippen molar-refractivity contribution in [3.05, 3.63) is 0 Å². The summed E-state index contributed by atoms with van der Waals surface area (Å²) in [4.78, 5) is 11.7. The maximum atomic E-state index is 11.7. The van der Waals surface area contributed by atoms with E-state index in [1.807, 2.05) is 20.8 Å². The molecule has 0 aliphatic heterocycles. The average molecular weight is 234 g/mol. The van der Waals surface area contributed by atoms with Crippen LogP contribution in [-0.4, -0.2) is 34.7 Å². The number of rotatable bonds is 6. The molecule has 0 bridgehead atoms. The first kappa shape index (κ1) is 14.6. The molecule has 3 N–H and O–H groups in total. The Labute approximate surface area is 94.4 Å². The molecule has 0 radical (unpaired) electrons. The van der Waals surface area contributed by atoms with Crippen molar-refractivity contribution in [1.29, 1.82) is 0 Å². The Bertz CT molecular complexity index is 242. The molecular weight excluding hydrogens is 212 g/mol. The summed E-state index contributed by atoms with van der Waals surface area (Å²) in [6, 6.07) is 0.0484. The average Bonchev–Trinajstić information content (AvgIpc) is 2.14. The molecule has 0 aromatic carbocycles. The van der Waals surface area contributed by atoms with E-state index in [0.29, 0.717) is 12.3 Å². The molecule has 0 heterocycles. The van der Waals surface area contributed by atoms with Crippen molar-refractivity contribution in [2.75, 3.05) is 18.6 Å². The minimum absolute atomic E-state index is 0.0422. The molecule has 90 valence electrons. The fraction of sp³-hybridized carbons (Fsp3) is 0.900. The summed E-state index contributed by atoms with van der Waals surface area (Å²) in [7, 11) is -0.800. The van der Waals surface area contributed by atoms with Gasteiger partial charge in [-0.15, -0.1) is 0 Å². The Morgan fingerprint density at radius 2 is 2.07 bits per heavy atom. The molecular formula is C10H22N2O2S. The normalized spacial score (nSPS) is 15.8. The van der Waals surface area contributed by atoms with Crippen LogP contribution >= 0.6 is 0 Å². The SMILES string of the molecule is CC(CCS(C)=O)NC(=O)C(C)(C)CN. The van der Waals surface area contributed by atoms with Gasteiger partial charge in [-0.05, 0) is 27.2 Å². The third-order valence-electron chi connectivity index (χ3n) is 2.34. The molecule has 15 heavy (non-hydrogen) atoms. The Kier molecular flexibility index (Phi) is 6.05. The van der Waals surface area contributed by atoms with Crippen molar-refractivity contribution in [2.45, 2.75) is 33.2 Å². The van der Waals surface area contributed by atoms with Gasteiger partial charge in [0.15, 0.2) is 0 Å². The largest absolute Gasteiger partial charge is 0.353 e. The zero-order valence-electron chi connectivity index (χ0n) is 10.0. The standard InChI is InChI=1S/C10H22N2O2S/c1-8(5-6-15(4)14)12-9(13)10(2,3)7-11/h8H,5-7,11H2,1-4H3,(H,12,13). The highest BCUT2D eigenvalue weighted by Gasteiger charge is 2.26. The van der Waals surface area contributed by atoms with Gasteiger partial charge in [0, 0.05) is 35.4 Å². The minimum Gasteiger partial charge on any atom is -0.353 e. The number of hydrogen-bond donors (Lipinski definition) is 2. The van der Waals surface area contributed by atoms with Gasteiger partial charge in [0.25, 0.3) is 0 Å². The van der Waals surface area contributed by atoms with E-state index in [2.05, 4.69) is 5.32 Å². The van der Waals surface area contributed by atoms with Crippen LogP contribution in [0.25, 0.3) is 0 Å². The van der Waals surface area contributed by atoms with Gasteiger partial charge in [0.05, 0.1) is 5.41 Å². The molecule has 0 aromatic heterocycles. The molecule has 0 aliphatic carbocycles. The lowest BCUT2D eigenvalue weighted by Crippen LogP contribution is -2.45. The van der Waals surface area contributed by atoms with Crippen molar-refractivity contribution in [3.63, 3.8) is 0 Å². The molecule has 0 aromatic rings. The van der Waals surface area contributed by atoms with Gasteiger partial charge in [-0.25, -0.2) is 0 Å². The molecule has 0 rings (SSSR count). The van der Waals surface area contributed by atoms with Gasteiger partial charge in [0.2, 0.25) is 5.91 Å². The second-order valence-electron chi connectivity index (χ2n) is 4.53. The molecule has 0 saturated carbocycles. The fourth-order valence-electron chi connectivity index (χ4n) is 0.927. The van der Waals surface area contributed by atoms with E-state index in [-0.39, 0.29) is 11.9 Å². The van der Waals surface area contributed by atoms with Crippen LogP contribution in [0.1, 0.15) is 27.2 Å². The lowest BCUT2D eigenvalue weighted by molar-refractivity contribution is -0.129. The molecule has 0 aliphatic rings. The Morgan fingerprint density at radius 1 is 1.53 bits per heavy atom. The van der Waals surface area contributed by atoms with Crippen LogP contribution in [0.2, 0.25) is 0 Å². The van der Waals surface area contributed by atoms with Gasteiger partial charge in [-0.3, -0.25) is 9.00 Å². The summed E-state index contributed by atoms with van der Waals surface area (Å²) >= 11 is 0.